The van der Waals surface area contributed by atoms with Crippen LogP contribution >= 0.6 is 11.6 Å². The first-order valence-electron chi connectivity index (χ1n) is 8.30. The molecule has 0 aliphatic carbocycles. The van der Waals surface area contributed by atoms with Crippen LogP contribution in [0.5, 0.6) is 5.75 Å². The minimum Gasteiger partial charge on any atom is -0.482 e. The molecule has 0 aromatic heterocycles. The van der Waals surface area contributed by atoms with Gasteiger partial charge in [0.2, 0.25) is 0 Å². The molecule has 2 aromatic carbocycles. The van der Waals surface area contributed by atoms with Gasteiger partial charge in [0.15, 0.2) is 6.61 Å². The van der Waals surface area contributed by atoms with Gasteiger partial charge in [0, 0.05) is 13.0 Å². The predicted molar refractivity (Wildman–Crippen MR) is 98.2 cm³/mol. The molecule has 138 valence electrons. The van der Waals surface area contributed by atoms with Crippen LogP contribution in [0.3, 0.4) is 0 Å². The summed E-state index contributed by atoms with van der Waals surface area (Å²) in [6.45, 7) is 0.0283. The maximum atomic E-state index is 12.7. The van der Waals surface area contributed by atoms with Crippen molar-refractivity contribution in [2.24, 2.45) is 0 Å². The van der Waals surface area contributed by atoms with Gasteiger partial charge in [-0.3, -0.25) is 4.79 Å². The van der Waals surface area contributed by atoms with Crippen molar-refractivity contribution in [1.29, 1.82) is 5.26 Å². The molecule has 6 nitrogen and oxygen atoms in total. The van der Waals surface area contributed by atoms with Crippen LogP contribution in [-0.2, 0) is 27.3 Å². The van der Waals surface area contributed by atoms with Crippen molar-refractivity contribution in [3.8, 4) is 11.8 Å². The Balaban J connectivity index is 1.76. The summed E-state index contributed by atoms with van der Waals surface area (Å²) in [5.74, 6) is -0.509. The first-order valence-corrected chi connectivity index (χ1v) is 8.67. The number of benzene rings is 2. The number of amides is 1. The number of hydrogen-bond donors (Lipinski definition) is 0. The third-order valence-corrected chi connectivity index (χ3v) is 4.75. The van der Waals surface area contributed by atoms with E-state index in [1.54, 1.807) is 6.07 Å². The molecule has 0 saturated heterocycles. The molecule has 1 heterocycles. The number of halogens is 1. The van der Waals surface area contributed by atoms with Crippen molar-refractivity contribution < 1.29 is 19.1 Å². The molecule has 1 amide bonds. The standard InChI is InChI=1S/C20H17ClN2O4/c1-26-20(25)17-9-14-4-2-3-5-15(14)11-23(17)19(24)12-27-18-7-6-13(10-22)8-16(18)21/h2-8,17H,9,11-12H2,1H3/t17-/m0/s1. The molecule has 0 unspecified atom stereocenters. The Morgan fingerprint density at radius 2 is 2.00 bits per heavy atom. The number of nitrogens with zero attached hydrogens (tertiary/aromatic N) is 2. The van der Waals surface area contributed by atoms with E-state index in [-0.39, 0.29) is 17.5 Å². The lowest BCUT2D eigenvalue weighted by Crippen LogP contribution is -2.50. The van der Waals surface area contributed by atoms with E-state index < -0.39 is 12.0 Å². The van der Waals surface area contributed by atoms with Crippen LogP contribution in [0.15, 0.2) is 42.5 Å². The fourth-order valence-corrected chi connectivity index (χ4v) is 3.28. The smallest absolute Gasteiger partial charge is 0.328 e. The van der Waals surface area contributed by atoms with E-state index >= 15 is 0 Å². The van der Waals surface area contributed by atoms with Gasteiger partial charge >= 0.3 is 5.97 Å². The first kappa shape index (κ1) is 18.7. The quantitative estimate of drug-likeness (QED) is 0.757. The van der Waals surface area contributed by atoms with Gasteiger partial charge in [-0.1, -0.05) is 35.9 Å². The summed E-state index contributed by atoms with van der Waals surface area (Å²) in [6.07, 6.45) is 0.395. The summed E-state index contributed by atoms with van der Waals surface area (Å²) in [7, 11) is 1.30. The monoisotopic (exact) mass is 384 g/mol. The van der Waals surface area contributed by atoms with Crippen LogP contribution in [0.1, 0.15) is 16.7 Å². The SMILES string of the molecule is COC(=O)[C@@H]1Cc2ccccc2CN1C(=O)COc1ccc(C#N)cc1Cl. The lowest BCUT2D eigenvalue weighted by molar-refractivity contribution is -0.154. The molecule has 0 N–H and O–H groups in total. The molecule has 2 aromatic rings. The minimum absolute atomic E-state index is 0.246. The fourth-order valence-electron chi connectivity index (χ4n) is 3.04. The molecule has 1 aliphatic heterocycles. The van der Waals surface area contributed by atoms with Gasteiger partial charge in [0.25, 0.3) is 5.91 Å². The average Bonchev–Trinajstić information content (AvgIpc) is 2.70. The summed E-state index contributed by atoms with van der Waals surface area (Å²) in [5, 5.41) is 9.12. The van der Waals surface area contributed by atoms with E-state index in [2.05, 4.69) is 0 Å². The van der Waals surface area contributed by atoms with Crippen molar-refractivity contribution in [2.75, 3.05) is 13.7 Å². The van der Waals surface area contributed by atoms with E-state index in [0.29, 0.717) is 24.3 Å². The van der Waals surface area contributed by atoms with Crippen LogP contribution < -0.4 is 4.74 Å². The highest BCUT2D eigenvalue weighted by Crippen LogP contribution is 2.27. The zero-order valence-electron chi connectivity index (χ0n) is 14.6. The van der Waals surface area contributed by atoms with Gasteiger partial charge in [-0.05, 0) is 29.3 Å². The third-order valence-electron chi connectivity index (χ3n) is 4.45. The molecule has 0 fully saturated rings. The molecule has 0 bridgehead atoms. The molecule has 0 spiro atoms. The highest BCUT2D eigenvalue weighted by Gasteiger charge is 2.35. The lowest BCUT2D eigenvalue weighted by Gasteiger charge is -2.35. The number of nitriles is 1. The van der Waals surface area contributed by atoms with Gasteiger partial charge in [-0.2, -0.15) is 5.26 Å². The molecule has 0 radical (unpaired) electrons. The van der Waals surface area contributed by atoms with Gasteiger partial charge < -0.3 is 14.4 Å². The highest BCUT2D eigenvalue weighted by atomic mass is 35.5. The van der Waals surface area contributed by atoms with Crippen molar-refractivity contribution >= 4 is 23.5 Å². The second kappa shape index (κ2) is 8.11. The number of methoxy groups -OCH3 is 1. The van der Waals surface area contributed by atoms with Crippen LogP contribution in [0, 0.1) is 11.3 Å². The maximum Gasteiger partial charge on any atom is 0.328 e. The molecule has 7 heteroatoms. The van der Waals surface area contributed by atoms with E-state index in [1.165, 1.54) is 24.1 Å². The van der Waals surface area contributed by atoms with Gasteiger partial charge in [0.1, 0.15) is 11.8 Å². The number of fused-ring (bicyclic) bond motifs is 1. The Labute approximate surface area is 161 Å². The van der Waals surface area contributed by atoms with Crippen molar-refractivity contribution in [3.05, 3.63) is 64.2 Å². The van der Waals surface area contributed by atoms with Crippen molar-refractivity contribution in [3.63, 3.8) is 0 Å². The normalized spacial score (nSPS) is 15.4. The molecule has 1 aliphatic rings. The first-order chi connectivity index (χ1) is 13.0. The van der Waals surface area contributed by atoms with Crippen LogP contribution in [0.25, 0.3) is 0 Å². The van der Waals surface area contributed by atoms with Crippen molar-refractivity contribution in [2.45, 2.75) is 19.0 Å². The number of hydrogen-bond acceptors (Lipinski definition) is 5. The van der Waals surface area contributed by atoms with Crippen LogP contribution in [0.4, 0.5) is 0 Å². The van der Waals surface area contributed by atoms with E-state index in [0.717, 1.165) is 11.1 Å². The molecule has 0 saturated carbocycles. The van der Waals surface area contributed by atoms with E-state index in [9.17, 15) is 9.59 Å². The third kappa shape index (κ3) is 4.04. The van der Waals surface area contributed by atoms with Crippen LogP contribution in [-0.4, -0.2) is 36.5 Å². The van der Waals surface area contributed by atoms with Gasteiger partial charge in [0.05, 0.1) is 23.8 Å². The van der Waals surface area contributed by atoms with E-state index in [1.807, 2.05) is 30.3 Å². The van der Waals surface area contributed by atoms with Gasteiger partial charge in [-0.25, -0.2) is 4.79 Å². The Kier molecular flexibility index (Phi) is 5.63. The summed E-state index contributed by atoms with van der Waals surface area (Å²) in [4.78, 5) is 26.4. The number of esters is 1. The Morgan fingerprint density at radius 1 is 1.26 bits per heavy atom. The molecule has 1 atom stereocenters. The Bertz CT molecular complexity index is 922. The molecular formula is C20H17ClN2O4. The zero-order chi connectivity index (χ0) is 19.4. The average molecular weight is 385 g/mol. The fraction of sp³-hybridized carbons (Fsp3) is 0.250. The molecule has 3 rings (SSSR count). The topological polar surface area (TPSA) is 79.6 Å². The van der Waals surface area contributed by atoms with Gasteiger partial charge in [-0.15, -0.1) is 0 Å². The van der Waals surface area contributed by atoms with E-state index in [4.69, 9.17) is 26.3 Å². The molecular weight excluding hydrogens is 368 g/mol. The Hall–Kier alpha value is -3.04. The zero-order valence-corrected chi connectivity index (χ0v) is 15.4. The summed E-state index contributed by atoms with van der Waals surface area (Å²) in [5.41, 5.74) is 2.41. The Morgan fingerprint density at radius 3 is 2.67 bits per heavy atom. The molecule has 27 heavy (non-hydrogen) atoms. The number of carbonyl (C=O) groups excluding carboxylic acids is 2. The minimum atomic E-state index is -0.697. The number of ether oxygens (including phenoxy) is 2. The summed E-state index contributed by atoms with van der Waals surface area (Å²) >= 11 is 6.07. The predicted octanol–water partition coefficient (Wildman–Crippen LogP) is 2.72. The summed E-state index contributed by atoms with van der Waals surface area (Å²) < 4.78 is 10.4. The van der Waals surface area contributed by atoms with Crippen LogP contribution in [0.2, 0.25) is 5.02 Å². The highest BCUT2D eigenvalue weighted by molar-refractivity contribution is 6.32. The second-order valence-electron chi connectivity index (χ2n) is 6.08. The second-order valence-corrected chi connectivity index (χ2v) is 6.49. The lowest BCUT2D eigenvalue weighted by atomic mass is 9.94. The maximum absolute atomic E-state index is 12.7. The number of carbonyl (C=O) groups is 2. The summed E-state index contributed by atoms with van der Waals surface area (Å²) in [6, 6.07) is 13.5. The largest absolute Gasteiger partial charge is 0.482 e. The van der Waals surface area contributed by atoms with Crippen molar-refractivity contribution in [1.82, 2.24) is 4.90 Å². The number of rotatable bonds is 4.